The predicted molar refractivity (Wildman–Crippen MR) is 101 cm³/mol. The molecule has 2 aromatic carbocycles. The number of hydrogen-bond donors (Lipinski definition) is 1. The zero-order valence-corrected chi connectivity index (χ0v) is 15.3. The fourth-order valence-corrected chi connectivity index (χ4v) is 2.63. The molecule has 1 amide bonds. The largest absolute Gasteiger partial charge is 0.496 e. The first-order valence-electron chi connectivity index (χ1n) is 8.03. The van der Waals surface area contributed by atoms with Crippen molar-refractivity contribution in [2.24, 2.45) is 0 Å². The zero-order valence-electron chi connectivity index (χ0n) is 14.6. The number of benzene rings is 2. The smallest absolute Gasteiger partial charge is 0.331 e. The second kappa shape index (κ2) is 9.63. The summed E-state index contributed by atoms with van der Waals surface area (Å²) < 4.78 is 10.1. The average Bonchev–Trinajstić information content (AvgIpc) is 2.65. The molecule has 0 heterocycles. The van der Waals surface area contributed by atoms with Gasteiger partial charge < -0.3 is 14.8 Å². The second-order valence-electron chi connectivity index (χ2n) is 5.49. The molecule has 0 fully saturated rings. The minimum atomic E-state index is -0.614. The SMILES string of the molecule is COc1ccccc1/C=C/C(=O)OCC(=O)N[C@@H](C)c1ccccc1Cl. The molecule has 0 saturated heterocycles. The zero-order chi connectivity index (χ0) is 18.9. The minimum absolute atomic E-state index is 0.293. The van der Waals surface area contributed by atoms with E-state index >= 15 is 0 Å². The number of nitrogens with one attached hydrogen (secondary N) is 1. The maximum Gasteiger partial charge on any atom is 0.331 e. The van der Waals surface area contributed by atoms with Crippen LogP contribution in [0.1, 0.15) is 24.1 Å². The van der Waals surface area contributed by atoms with Gasteiger partial charge in [0.25, 0.3) is 5.91 Å². The lowest BCUT2D eigenvalue weighted by Gasteiger charge is -2.15. The summed E-state index contributed by atoms with van der Waals surface area (Å²) in [6, 6.07) is 14.2. The lowest BCUT2D eigenvalue weighted by Crippen LogP contribution is -2.31. The molecule has 2 rings (SSSR count). The third kappa shape index (κ3) is 5.63. The first kappa shape index (κ1) is 19.5. The van der Waals surface area contributed by atoms with Crippen LogP contribution in [0, 0.1) is 0 Å². The molecule has 2 aromatic rings. The molecule has 0 spiro atoms. The highest BCUT2D eigenvalue weighted by Gasteiger charge is 2.13. The number of rotatable bonds is 7. The monoisotopic (exact) mass is 373 g/mol. The Kier molecular flexibility index (Phi) is 7.24. The maximum absolute atomic E-state index is 11.9. The van der Waals surface area contributed by atoms with Gasteiger partial charge in [-0.3, -0.25) is 4.79 Å². The molecule has 0 aliphatic carbocycles. The highest BCUT2D eigenvalue weighted by Crippen LogP contribution is 2.22. The molecule has 26 heavy (non-hydrogen) atoms. The Hall–Kier alpha value is -2.79. The van der Waals surface area contributed by atoms with Gasteiger partial charge in [-0.2, -0.15) is 0 Å². The van der Waals surface area contributed by atoms with E-state index < -0.39 is 11.9 Å². The molecule has 0 radical (unpaired) electrons. The standard InChI is InChI=1S/C20H20ClNO4/c1-14(16-8-4-5-9-17(16)21)22-19(23)13-26-20(24)12-11-15-7-3-6-10-18(15)25-2/h3-12,14H,13H2,1-2H3,(H,22,23)/b12-11+/t14-/m0/s1. The van der Waals surface area contributed by atoms with Crippen molar-refractivity contribution in [3.8, 4) is 5.75 Å². The molecule has 6 heteroatoms. The fraction of sp³-hybridized carbons (Fsp3) is 0.200. The van der Waals surface area contributed by atoms with Crippen molar-refractivity contribution < 1.29 is 19.1 Å². The predicted octanol–water partition coefficient (Wildman–Crippen LogP) is 3.78. The number of carbonyl (C=O) groups is 2. The number of hydrogen-bond acceptors (Lipinski definition) is 4. The van der Waals surface area contributed by atoms with Gasteiger partial charge in [-0.15, -0.1) is 0 Å². The van der Waals surface area contributed by atoms with Crippen LogP contribution in [0.15, 0.2) is 54.6 Å². The van der Waals surface area contributed by atoms with Crippen LogP contribution in [-0.2, 0) is 14.3 Å². The Labute approximate surface area is 157 Å². The van der Waals surface area contributed by atoms with Crippen molar-refractivity contribution in [2.45, 2.75) is 13.0 Å². The molecule has 136 valence electrons. The number of ether oxygens (including phenoxy) is 2. The van der Waals surface area contributed by atoms with E-state index in [2.05, 4.69) is 5.32 Å². The van der Waals surface area contributed by atoms with Gasteiger partial charge in [0.1, 0.15) is 5.75 Å². The Morgan fingerprint density at radius 3 is 2.58 bits per heavy atom. The fourth-order valence-electron chi connectivity index (χ4n) is 2.33. The van der Waals surface area contributed by atoms with Gasteiger partial charge in [-0.05, 0) is 30.7 Å². The summed E-state index contributed by atoms with van der Waals surface area (Å²) in [6.45, 7) is 1.44. The van der Waals surface area contributed by atoms with E-state index in [-0.39, 0.29) is 12.6 Å². The van der Waals surface area contributed by atoms with Crippen LogP contribution in [0.2, 0.25) is 5.02 Å². The van der Waals surface area contributed by atoms with Crippen molar-refractivity contribution in [3.05, 3.63) is 70.8 Å². The minimum Gasteiger partial charge on any atom is -0.496 e. The van der Waals surface area contributed by atoms with E-state index in [1.165, 1.54) is 6.08 Å². The van der Waals surface area contributed by atoms with Gasteiger partial charge >= 0.3 is 5.97 Å². The molecule has 0 aliphatic heterocycles. The van der Waals surface area contributed by atoms with Crippen LogP contribution < -0.4 is 10.1 Å². The van der Waals surface area contributed by atoms with Crippen molar-refractivity contribution >= 4 is 29.6 Å². The van der Waals surface area contributed by atoms with Crippen LogP contribution in [0.4, 0.5) is 0 Å². The molecular formula is C20H20ClNO4. The Morgan fingerprint density at radius 2 is 1.85 bits per heavy atom. The van der Waals surface area contributed by atoms with E-state index in [0.717, 1.165) is 11.1 Å². The molecule has 0 saturated carbocycles. The number of halogens is 1. The van der Waals surface area contributed by atoms with Crippen LogP contribution in [-0.4, -0.2) is 25.6 Å². The van der Waals surface area contributed by atoms with E-state index in [0.29, 0.717) is 10.8 Å². The number of carbonyl (C=O) groups excluding carboxylic acids is 2. The summed E-state index contributed by atoms with van der Waals surface area (Å²) in [5, 5.41) is 3.31. The van der Waals surface area contributed by atoms with Crippen LogP contribution in [0.25, 0.3) is 6.08 Å². The summed E-state index contributed by atoms with van der Waals surface area (Å²) >= 11 is 6.10. The van der Waals surface area contributed by atoms with Crippen LogP contribution >= 0.6 is 11.6 Å². The molecule has 0 bridgehead atoms. The van der Waals surface area contributed by atoms with Crippen molar-refractivity contribution in [2.75, 3.05) is 13.7 Å². The van der Waals surface area contributed by atoms with Gasteiger partial charge in [-0.25, -0.2) is 4.79 Å². The number of methoxy groups -OCH3 is 1. The molecule has 1 N–H and O–H groups in total. The van der Waals surface area contributed by atoms with Gasteiger partial charge in [0.05, 0.1) is 13.2 Å². The highest BCUT2D eigenvalue weighted by atomic mass is 35.5. The molecular weight excluding hydrogens is 354 g/mol. The van der Waals surface area contributed by atoms with E-state index in [1.54, 1.807) is 31.4 Å². The molecule has 5 nitrogen and oxygen atoms in total. The van der Waals surface area contributed by atoms with Crippen LogP contribution in [0.5, 0.6) is 5.75 Å². The van der Waals surface area contributed by atoms with Crippen LogP contribution in [0.3, 0.4) is 0 Å². The third-order valence-corrected chi connectivity index (χ3v) is 3.98. The van der Waals surface area contributed by atoms with E-state index in [1.807, 2.05) is 37.3 Å². The van der Waals surface area contributed by atoms with Crippen molar-refractivity contribution in [1.29, 1.82) is 0 Å². The lowest BCUT2D eigenvalue weighted by atomic mass is 10.1. The van der Waals surface area contributed by atoms with E-state index in [4.69, 9.17) is 21.1 Å². The molecule has 0 aliphatic rings. The van der Waals surface area contributed by atoms with Crippen molar-refractivity contribution in [3.63, 3.8) is 0 Å². The summed E-state index contributed by atoms with van der Waals surface area (Å²) in [7, 11) is 1.55. The first-order chi connectivity index (χ1) is 12.5. The summed E-state index contributed by atoms with van der Waals surface area (Å²) in [5.74, 6) is -0.379. The summed E-state index contributed by atoms with van der Waals surface area (Å²) in [6.07, 6.45) is 2.83. The summed E-state index contributed by atoms with van der Waals surface area (Å²) in [4.78, 5) is 23.7. The third-order valence-electron chi connectivity index (χ3n) is 3.63. The van der Waals surface area contributed by atoms with Gasteiger partial charge in [0.15, 0.2) is 6.61 Å². The molecule has 0 aromatic heterocycles. The van der Waals surface area contributed by atoms with Gasteiger partial charge in [0, 0.05) is 16.7 Å². The van der Waals surface area contributed by atoms with Crippen molar-refractivity contribution in [1.82, 2.24) is 5.32 Å². The first-order valence-corrected chi connectivity index (χ1v) is 8.40. The molecule has 0 unspecified atom stereocenters. The Morgan fingerprint density at radius 1 is 1.15 bits per heavy atom. The summed E-state index contributed by atoms with van der Waals surface area (Å²) in [5.41, 5.74) is 1.54. The van der Waals surface area contributed by atoms with Gasteiger partial charge in [-0.1, -0.05) is 48.0 Å². The number of esters is 1. The maximum atomic E-state index is 11.9. The average molecular weight is 374 g/mol. The van der Waals surface area contributed by atoms with Gasteiger partial charge in [0.2, 0.25) is 0 Å². The van der Waals surface area contributed by atoms with E-state index in [9.17, 15) is 9.59 Å². The Bertz CT molecular complexity index is 804. The molecule has 1 atom stereocenters. The number of para-hydroxylation sites is 1. The normalized spacial score (nSPS) is 11.8. The highest BCUT2D eigenvalue weighted by molar-refractivity contribution is 6.31. The topological polar surface area (TPSA) is 64.6 Å². The lowest BCUT2D eigenvalue weighted by molar-refractivity contribution is -0.144. The Balaban J connectivity index is 1.84. The second-order valence-corrected chi connectivity index (χ2v) is 5.90. The number of amides is 1. The quantitative estimate of drug-likeness (QED) is 0.592.